The molecule has 0 saturated heterocycles. The van der Waals surface area contributed by atoms with Gasteiger partial charge in [-0.15, -0.1) is 0 Å². The second-order valence-corrected chi connectivity index (χ2v) is 4.14. The summed E-state index contributed by atoms with van der Waals surface area (Å²) in [5.41, 5.74) is 7.73. The number of aliphatic hydroxyl groups is 1. The Morgan fingerprint density at radius 1 is 1.56 bits per heavy atom. The van der Waals surface area contributed by atoms with Gasteiger partial charge in [-0.2, -0.15) is 0 Å². The Bertz CT molecular complexity index is 409. The number of hydrogen-bond acceptors (Lipinski definition) is 4. The molecule has 3 N–H and O–H groups in total. The molecule has 0 aliphatic carbocycles. The lowest BCUT2D eigenvalue weighted by atomic mass is 9.99. The largest absolute Gasteiger partial charge is 0.454 e. The number of rotatable bonds is 3. The van der Waals surface area contributed by atoms with Crippen LogP contribution in [0.2, 0.25) is 5.02 Å². The number of aliphatic hydroxyl groups excluding tert-OH is 1. The molecule has 0 fully saturated rings. The number of hydrogen-bond donors (Lipinski definition) is 2. The van der Waals surface area contributed by atoms with E-state index in [0.717, 1.165) is 11.1 Å². The van der Waals surface area contributed by atoms with Crippen LogP contribution in [0.25, 0.3) is 0 Å². The van der Waals surface area contributed by atoms with Gasteiger partial charge in [0.15, 0.2) is 11.5 Å². The summed E-state index contributed by atoms with van der Waals surface area (Å²) in [7, 11) is 0. The maximum absolute atomic E-state index is 8.88. The van der Waals surface area contributed by atoms with Gasteiger partial charge in [-0.05, 0) is 30.5 Å². The van der Waals surface area contributed by atoms with Gasteiger partial charge in [-0.3, -0.25) is 0 Å². The zero-order valence-electron chi connectivity index (χ0n) is 9.00. The van der Waals surface area contributed by atoms with Crippen molar-refractivity contribution in [3.05, 3.63) is 22.2 Å². The van der Waals surface area contributed by atoms with E-state index >= 15 is 0 Å². The zero-order valence-corrected chi connectivity index (χ0v) is 9.75. The Hall–Kier alpha value is -0.970. The van der Waals surface area contributed by atoms with E-state index in [1.807, 2.05) is 13.0 Å². The van der Waals surface area contributed by atoms with Crippen molar-refractivity contribution in [1.29, 1.82) is 0 Å². The number of nitrogens with two attached hydrogens (primary N) is 1. The first kappa shape index (κ1) is 11.5. The average Bonchev–Trinajstić information content (AvgIpc) is 2.71. The van der Waals surface area contributed by atoms with Crippen LogP contribution in [0.1, 0.15) is 23.6 Å². The summed E-state index contributed by atoms with van der Waals surface area (Å²) in [6, 6.07) is 1.60. The lowest BCUT2D eigenvalue weighted by molar-refractivity contribution is 0.174. The fraction of sp³-hybridized carbons (Fsp3) is 0.455. The van der Waals surface area contributed by atoms with Crippen LogP contribution in [-0.4, -0.2) is 18.5 Å². The fourth-order valence-corrected chi connectivity index (χ4v) is 2.05. The highest BCUT2D eigenvalue weighted by Crippen LogP contribution is 2.43. The molecule has 0 aromatic heterocycles. The fourth-order valence-electron chi connectivity index (χ4n) is 1.79. The van der Waals surface area contributed by atoms with Crippen LogP contribution in [0, 0.1) is 6.92 Å². The van der Waals surface area contributed by atoms with Crippen molar-refractivity contribution in [2.75, 3.05) is 13.4 Å². The van der Waals surface area contributed by atoms with Crippen LogP contribution in [-0.2, 0) is 0 Å². The van der Waals surface area contributed by atoms with Gasteiger partial charge >= 0.3 is 0 Å². The van der Waals surface area contributed by atoms with Crippen molar-refractivity contribution >= 4 is 11.6 Å². The van der Waals surface area contributed by atoms with Crippen molar-refractivity contribution in [3.63, 3.8) is 0 Å². The Labute approximate surface area is 98.9 Å². The van der Waals surface area contributed by atoms with E-state index in [1.54, 1.807) is 0 Å². The summed E-state index contributed by atoms with van der Waals surface area (Å²) in [4.78, 5) is 0. The van der Waals surface area contributed by atoms with E-state index in [4.69, 9.17) is 31.9 Å². The molecule has 1 aliphatic heterocycles. The maximum atomic E-state index is 8.88. The van der Waals surface area contributed by atoms with Crippen LogP contribution < -0.4 is 15.2 Å². The van der Waals surface area contributed by atoms with Gasteiger partial charge in [0.05, 0.1) is 5.02 Å². The van der Waals surface area contributed by atoms with E-state index in [-0.39, 0.29) is 19.4 Å². The smallest absolute Gasteiger partial charge is 0.231 e. The first-order valence-corrected chi connectivity index (χ1v) is 5.48. The Balaban J connectivity index is 2.43. The van der Waals surface area contributed by atoms with E-state index in [0.29, 0.717) is 22.9 Å². The van der Waals surface area contributed by atoms with Crippen molar-refractivity contribution in [3.8, 4) is 11.5 Å². The second kappa shape index (κ2) is 4.49. The van der Waals surface area contributed by atoms with Crippen molar-refractivity contribution in [2.24, 2.45) is 5.73 Å². The first-order valence-electron chi connectivity index (χ1n) is 5.10. The number of halogens is 1. The minimum Gasteiger partial charge on any atom is -0.454 e. The molecule has 2 rings (SSSR count). The summed E-state index contributed by atoms with van der Waals surface area (Å²) in [6.07, 6.45) is 0.497. The highest BCUT2D eigenvalue weighted by atomic mass is 35.5. The van der Waals surface area contributed by atoms with Crippen LogP contribution >= 0.6 is 11.6 Å². The molecule has 1 aliphatic rings. The van der Waals surface area contributed by atoms with Gasteiger partial charge in [-0.25, -0.2) is 0 Å². The molecule has 1 atom stereocenters. The van der Waals surface area contributed by atoms with E-state index < -0.39 is 0 Å². The summed E-state index contributed by atoms with van der Waals surface area (Å²) in [5, 5.41) is 9.42. The van der Waals surface area contributed by atoms with Crippen LogP contribution in [0.5, 0.6) is 11.5 Å². The zero-order chi connectivity index (χ0) is 11.7. The van der Waals surface area contributed by atoms with Crippen molar-refractivity contribution in [1.82, 2.24) is 0 Å². The standard InChI is InChI=1S/C11H14ClNO3/c1-6-7(8(13)2-3-14)4-9-11(10(6)12)16-5-15-9/h4,8,14H,2-3,5,13H2,1H3. The first-order chi connectivity index (χ1) is 7.65. The summed E-state index contributed by atoms with van der Waals surface area (Å²) in [6.45, 7) is 2.12. The average molecular weight is 244 g/mol. The Morgan fingerprint density at radius 2 is 2.31 bits per heavy atom. The number of ether oxygens (including phenoxy) is 2. The van der Waals surface area contributed by atoms with Crippen molar-refractivity contribution in [2.45, 2.75) is 19.4 Å². The molecule has 0 spiro atoms. The summed E-state index contributed by atoms with van der Waals surface area (Å²) in [5.74, 6) is 1.21. The Kier molecular flexibility index (Phi) is 3.23. The minimum absolute atomic E-state index is 0.0483. The van der Waals surface area contributed by atoms with Gasteiger partial charge in [0.1, 0.15) is 0 Å². The summed E-state index contributed by atoms with van der Waals surface area (Å²) < 4.78 is 10.5. The van der Waals surface area contributed by atoms with Crippen LogP contribution in [0.15, 0.2) is 6.07 Å². The molecule has 4 nitrogen and oxygen atoms in total. The van der Waals surface area contributed by atoms with Gasteiger partial charge in [0.25, 0.3) is 0 Å². The predicted molar refractivity (Wildman–Crippen MR) is 60.9 cm³/mol. The number of benzene rings is 1. The predicted octanol–water partition coefficient (Wildman–Crippen LogP) is 1.76. The van der Waals surface area contributed by atoms with E-state index in [2.05, 4.69) is 0 Å². The topological polar surface area (TPSA) is 64.7 Å². The summed E-state index contributed by atoms with van der Waals surface area (Å²) >= 11 is 6.16. The van der Waals surface area contributed by atoms with Crippen molar-refractivity contribution < 1.29 is 14.6 Å². The molecule has 0 bridgehead atoms. The lowest BCUT2D eigenvalue weighted by Gasteiger charge is -2.15. The second-order valence-electron chi connectivity index (χ2n) is 3.76. The lowest BCUT2D eigenvalue weighted by Crippen LogP contribution is -2.13. The molecule has 5 heteroatoms. The highest BCUT2D eigenvalue weighted by Gasteiger charge is 2.23. The van der Waals surface area contributed by atoms with Gasteiger partial charge in [0.2, 0.25) is 6.79 Å². The van der Waals surface area contributed by atoms with Gasteiger partial charge in [0, 0.05) is 12.6 Å². The third kappa shape index (κ3) is 1.84. The normalized spacial score (nSPS) is 15.2. The quantitative estimate of drug-likeness (QED) is 0.849. The van der Waals surface area contributed by atoms with Gasteiger partial charge in [-0.1, -0.05) is 11.6 Å². The van der Waals surface area contributed by atoms with Crippen LogP contribution in [0.3, 0.4) is 0 Å². The molecule has 88 valence electrons. The number of fused-ring (bicyclic) bond motifs is 1. The molecule has 0 saturated carbocycles. The molecule has 0 radical (unpaired) electrons. The van der Waals surface area contributed by atoms with E-state index in [1.165, 1.54) is 0 Å². The third-order valence-corrected chi connectivity index (χ3v) is 3.18. The molecule has 1 aromatic rings. The minimum atomic E-state index is -0.239. The monoisotopic (exact) mass is 243 g/mol. The molecule has 1 unspecified atom stereocenters. The van der Waals surface area contributed by atoms with Gasteiger partial charge < -0.3 is 20.3 Å². The third-order valence-electron chi connectivity index (χ3n) is 2.73. The SMILES string of the molecule is Cc1c(C(N)CCO)cc2c(c1Cl)OCO2. The van der Waals surface area contributed by atoms with Crippen LogP contribution in [0.4, 0.5) is 0 Å². The molecule has 0 amide bonds. The molecule has 1 heterocycles. The molecule has 16 heavy (non-hydrogen) atoms. The van der Waals surface area contributed by atoms with E-state index in [9.17, 15) is 0 Å². The Morgan fingerprint density at radius 3 is 3.00 bits per heavy atom. The molecular weight excluding hydrogens is 230 g/mol. The molecular formula is C11H14ClNO3. The maximum Gasteiger partial charge on any atom is 0.231 e. The highest BCUT2D eigenvalue weighted by molar-refractivity contribution is 6.33. The molecule has 1 aromatic carbocycles.